The molecule has 1 aromatic rings. The highest BCUT2D eigenvalue weighted by molar-refractivity contribution is 6.07. The Morgan fingerprint density at radius 3 is 2.68 bits per heavy atom. The van der Waals surface area contributed by atoms with Crippen LogP contribution in [0.5, 0.6) is 5.75 Å². The maximum absolute atomic E-state index is 12.7. The first-order valence-electron chi connectivity index (χ1n) is 8.34. The maximum Gasteiger partial charge on any atom is 0.346 e. The van der Waals surface area contributed by atoms with E-state index in [-0.39, 0.29) is 12.5 Å². The molecule has 1 spiro atoms. The molecule has 1 saturated heterocycles. The number of hydrogen-bond donors (Lipinski definition) is 1. The molecule has 3 rings (SSSR count). The van der Waals surface area contributed by atoms with Gasteiger partial charge in [0.25, 0.3) is 5.91 Å². The Morgan fingerprint density at radius 2 is 2.04 bits per heavy atom. The van der Waals surface area contributed by atoms with Gasteiger partial charge in [0.15, 0.2) is 6.61 Å². The fourth-order valence-corrected chi connectivity index (χ4v) is 3.19. The van der Waals surface area contributed by atoms with Gasteiger partial charge in [-0.05, 0) is 61.4 Å². The van der Waals surface area contributed by atoms with Crippen LogP contribution < -0.4 is 10.1 Å². The standard InChI is InChI=1S/C18H20N4O3/c1-13-6-8-18(9-7-13)16(23)22(17(24)21-18)20-12-14-2-4-15(5-3-14)25-11-10-19/h2-5,12-13H,6-9,11H2,1H3,(H,21,24)/b20-12-. The van der Waals surface area contributed by atoms with Gasteiger partial charge in [-0.25, -0.2) is 4.79 Å². The summed E-state index contributed by atoms with van der Waals surface area (Å²) >= 11 is 0. The molecule has 0 atom stereocenters. The Bertz CT molecular complexity index is 728. The second kappa shape index (κ2) is 6.93. The quantitative estimate of drug-likeness (QED) is 0.672. The first-order chi connectivity index (χ1) is 12.0. The lowest BCUT2D eigenvalue weighted by Crippen LogP contribution is -2.49. The number of nitrogens with zero attached hydrogens (tertiary/aromatic N) is 3. The van der Waals surface area contributed by atoms with Gasteiger partial charge in [0.2, 0.25) is 0 Å². The molecular formula is C18H20N4O3. The second-order valence-electron chi connectivity index (χ2n) is 6.57. The Kier molecular flexibility index (Phi) is 4.70. The van der Waals surface area contributed by atoms with E-state index in [9.17, 15) is 9.59 Å². The summed E-state index contributed by atoms with van der Waals surface area (Å²) in [5.74, 6) is 0.883. The third-order valence-corrected chi connectivity index (χ3v) is 4.77. The molecule has 0 radical (unpaired) electrons. The highest BCUT2D eigenvalue weighted by Crippen LogP contribution is 2.36. The lowest BCUT2D eigenvalue weighted by molar-refractivity contribution is -0.132. The van der Waals surface area contributed by atoms with Gasteiger partial charge >= 0.3 is 6.03 Å². The summed E-state index contributed by atoms with van der Waals surface area (Å²) in [6.07, 6.45) is 4.64. The van der Waals surface area contributed by atoms with E-state index in [0.29, 0.717) is 24.5 Å². The van der Waals surface area contributed by atoms with Crippen molar-refractivity contribution < 1.29 is 14.3 Å². The van der Waals surface area contributed by atoms with Gasteiger partial charge in [0, 0.05) is 0 Å². The van der Waals surface area contributed by atoms with Gasteiger partial charge in [-0.3, -0.25) is 4.79 Å². The molecule has 7 heteroatoms. The number of carbonyl (C=O) groups is 2. The SMILES string of the molecule is CC1CCC2(CC1)NC(=O)N(/N=C\c1ccc(OCC#N)cc1)C2=O. The molecule has 2 aliphatic rings. The predicted molar refractivity (Wildman–Crippen MR) is 90.9 cm³/mol. The van der Waals surface area contributed by atoms with Crippen molar-refractivity contribution in [3.05, 3.63) is 29.8 Å². The number of nitriles is 1. The van der Waals surface area contributed by atoms with Gasteiger partial charge in [-0.1, -0.05) is 6.92 Å². The van der Waals surface area contributed by atoms with Gasteiger partial charge in [-0.15, -0.1) is 5.01 Å². The van der Waals surface area contributed by atoms with Crippen LogP contribution >= 0.6 is 0 Å². The molecule has 1 aromatic carbocycles. The molecule has 1 saturated carbocycles. The molecule has 130 valence electrons. The average molecular weight is 340 g/mol. The number of hydrazone groups is 1. The number of ether oxygens (including phenoxy) is 1. The molecule has 1 N–H and O–H groups in total. The van der Waals surface area contributed by atoms with Crippen molar-refractivity contribution >= 4 is 18.2 Å². The fraction of sp³-hybridized carbons (Fsp3) is 0.444. The average Bonchev–Trinajstić information content (AvgIpc) is 2.85. The van der Waals surface area contributed by atoms with Crippen LogP contribution in [0.25, 0.3) is 0 Å². The number of amides is 3. The number of urea groups is 1. The molecule has 0 aromatic heterocycles. The van der Waals surface area contributed by atoms with Crippen LogP contribution in [0, 0.1) is 17.2 Å². The van der Waals surface area contributed by atoms with E-state index in [4.69, 9.17) is 10.00 Å². The third kappa shape index (κ3) is 3.48. The number of imide groups is 1. The number of benzene rings is 1. The molecule has 1 heterocycles. The number of hydrogen-bond acceptors (Lipinski definition) is 5. The minimum Gasteiger partial charge on any atom is -0.479 e. The summed E-state index contributed by atoms with van der Waals surface area (Å²) in [5, 5.41) is 16.3. The van der Waals surface area contributed by atoms with Crippen LogP contribution in [0.15, 0.2) is 29.4 Å². The first-order valence-corrected chi connectivity index (χ1v) is 8.34. The van der Waals surface area contributed by atoms with Crippen LogP contribution in [0.4, 0.5) is 4.79 Å². The minimum atomic E-state index is -0.782. The Morgan fingerprint density at radius 1 is 1.36 bits per heavy atom. The van der Waals surface area contributed by atoms with Crippen molar-refractivity contribution in [1.82, 2.24) is 10.3 Å². The molecule has 25 heavy (non-hydrogen) atoms. The van der Waals surface area contributed by atoms with Crippen molar-refractivity contribution in [2.75, 3.05) is 6.61 Å². The van der Waals surface area contributed by atoms with E-state index in [1.807, 2.05) is 6.07 Å². The van der Waals surface area contributed by atoms with E-state index in [2.05, 4.69) is 17.3 Å². The topological polar surface area (TPSA) is 94.8 Å². The van der Waals surface area contributed by atoms with E-state index >= 15 is 0 Å². The highest BCUT2D eigenvalue weighted by Gasteiger charge is 2.52. The van der Waals surface area contributed by atoms with E-state index in [0.717, 1.165) is 23.4 Å². The molecule has 2 fully saturated rings. The fourth-order valence-electron chi connectivity index (χ4n) is 3.19. The first kappa shape index (κ1) is 17.0. The molecule has 3 amide bonds. The molecule has 0 bridgehead atoms. The Labute approximate surface area is 146 Å². The maximum atomic E-state index is 12.7. The van der Waals surface area contributed by atoms with E-state index < -0.39 is 11.6 Å². The lowest BCUT2D eigenvalue weighted by atomic mass is 9.77. The molecule has 0 unspecified atom stereocenters. The van der Waals surface area contributed by atoms with E-state index in [1.165, 1.54) is 6.21 Å². The monoisotopic (exact) mass is 340 g/mol. The van der Waals surface area contributed by atoms with Crippen LogP contribution in [0.1, 0.15) is 38.2 Å². The summed E-state index contributed by atoms with van der Waals surface area (Å²) in [6, 6.07) is 8.32. The number of carbonyl (C=O) groups excluding carboxylic acids is 2. The molecule has 1 aliphatic heterocycles. The van der Waals surface area contributed by atoms with Crippen molar-refractivity contribution in [1.29, 1.82) is 5.26 Å². The largest absolute Gasteiger partial charge is 0.479 e. The summed E-state index contributed by atoms with van der Waals surface area (Å²) in [7, 11) is 0. The van der Waals surface area contributed by atoms with Crippen molar-refractivity contribution in [2.45, 2.75) is 38.1 Å². The van der Waals surface area contributed by atoms with Gasteiger partial charge in [0.05, 0.1) is 6.21 Å². The Hall–Kier alpha value is -2.88. The zero-order chi connectivity index (χ0) is 17.9. The van der Waals surface area contributed by atoms with Crippen molar-refractivity contribution in [3.63, 3.8) is 0 Å². The Balaban J connectivity index is 1.68. The van der Waals surface area contributed by atoms with Crippen LogP contribution in [-0.2, 0) is 4.79 Å². The smallest absolute Gasteiger partial charge is 0.346 e. The van der Waals surface area contributed by atoms with Crippen LogP contribution in [0.2, 0.25) is 0 Å². The number of nitrogens with one attached hydrogen (secondary N) is 1. The second-order valence-corrected chi connectivity index (χ2v) is 6.57. The summed E-state index contributed by atoms with van der Waals surface area (Å²) in [6.45, 7) is 2.14. The third-order valence-electron chi connectivity index (χ3n) is 4.77. The summed E-state index contributed by atoms with van der Waals surface area (Å²) < 4.78 is 5.17. The minimum absolute atomic E-state index is 0.0173. The van der Waals surface area contributed by atoms with Crippen LogP contribution in [-0.4, -0.2) is 35.3 Å². The number of rotatable bonds is 4. The van der Waals surface area contributed by atoms with E-state index in [1.54, 1.807) is 24.3 Å². The molecule has 7 nitrogen and oxygen atoms in total. The van der Waals surface area contributed by atoms with Crippen LogP contribution in [0.3, 0.4) is 0 Å². The predicted octanol–water partition coefficient (Wildman–Crippen LogP) is 2.42. The van der Waals surface area contributed by atoms with Gasteiger partial charge in [-0.2, -0.15) is 10.4 Å². The summed E-state index contributed by atoms with van der Waals surface area (Å²) in [4.78, 5) is 24.8. The zero-order valence-electron chi connectivity index (χ0n) is 14.1. The zero-order valence-corrected chi connectivity index (χ0v) is 14.1. The van der Waals surface area contributed by atoms with Gasteiger partial charge in [0.1, 0.15) is 17.4 Å². The normalized spacial score (nSPS) is 26.1. The lowest BCUT2D eigenvalue weighted by Gasteiger charge is -2.33. The summed E-state index contributed by atoms with van der Waals surface area (Å²) in [5.41, 5.74) is -0.0567. The van der Waals surface area contributed by atoms with Gasteiger partial charge < -0.3 is 10.1 Å². The molecular weight excluding hydrogens is 320 g/mol. The molecule has 1 aliphatic carbocycles. The van der Waals surface area contributed by atoms with Crippen molar-refractivity contribution in [2.24, 2.45) is 11.0 Å². The highest BCUT2D eigenvalue weighted by atomic mass is 16.5. The van der Waals surface area contributed by atoms with Crippen molar-refractivity contribution in [3.8, 4) is 11.8 Å².